The van der Waals surface area contributed by atoms with Crippen molar-refractivity contribution in [2.24, 2.45) is 5.92 Å². The predicted molar refractivity (Wildman–Crippen MR) is 86.9 cm³/mol. The Morgan fingerprint density at radius 3 is 2.00 bits per heavy atom. The van der Waals surface area contributed by atoms with E-state index in [9.17, 15) is 5.21 Å². The fraction of sp³-hybridized carbons (Fsp3) is 0.316. The lowest BCUT2D eigenvalue weighted by Crippen LogP contribution is -2.25. The summed E-state index contributed by atoms with van der Waals surface area (Å²) in [5.41, 5.74) is 2.71. The van der Waals surface area contributed by atoms with Crippen molar-refractivity contribution in [2.75, 3.05) is 0 Å². The molecule has 0 aliphatic heterocycles. The number of benzene rings is 2. The molecule has 3 rings (SSSR count). The average molecular weight is 279 g/mol. The molecule has 1 saturated carbocycles. The Morgan fingerprint density at radius 1 is 0.810 bits per heavy atom. The largest absolute Gasteiger partial charge is 0.618 e. The molecule has 2 nitrogen and oxygen atoms in total. The quantitative estimate of drug-likeness (QED) is 0.340. The van der Waals surface area contributed by atoms with E-state index in [0.717, 1.165) is 34.5 Å². The highest BCUT2D eigenvalue weighted by molar-refractivity contribution is 5.99. The summed E-state index contributed by atoms with van der Waals surface area (Å²) in [6.45, 7) is 0. The molecule has 2 heteroatoms. The normalized spacial score (nSPS) is 17.3. The second-order valence-corrected chi connectivity index (χ2v) is 5.72. The van der Waals surface area contributed by atoms with E-state index in [0.29, 0.717) is 5.92 Å². The van der Waals surface area contributed by atoms with Crippen molar-refractivity contribution in [3.8, 4) is 0 Å². The Labute approximate surface area is 126 Å². The van der Waals surface area contributed by atoms with Gasteiger partial charge in [-0.2, -0.15) is 4.74 Å². The van der Waals surface area contributed by atoms with Gasteiger partial charge in [-0.1, -0.05) is 55.7 Å². The van der Waals surface area contributed by atoms with Crippen LogP contribution in [0.5, 0.6) is 0 Å². The molecule has 0 aromatic heterocycles. The number of hydrogen-bond donors (Lipinski definition) is 0. The minimum Gasteiger partial charge on any atom is -0.618 e. The van der Waals surface area contributed by atoms with E-state index in [1.165, 1.54) is 19.3 Å². The van der Waals surface area contributed by atoms with Crippen molar-refractivity contribution >= 4 is 11.4 Å². The van der Waals surface area contributed by atoms with Gasteiger partial charge in [-0.05, 0) is 25.0 Å². The van der Waals surface area contributed by atoms with Crippen LogP contribution < -0.4 is 0 Å². The summed E-state index contributed by atoms with van der Waals surface area (Å²) in [6.07, 6.45) is 5.99. The zero-order valence-corrected chi connectivity index (χ0v) is 12.2. The molecule has 0 N–H and O–H groups in total. The van der Waals surface area contributed by atoms with Crippen LogP contribution in [0.4, 0.5) is 5.69 Å². The van der Waals surface area contributed by atoms with Crippen LogP contribution >= 0.6 is 0 Å². The summed E-state index contributed by atoms with van der Waals surface area (Å²) < 4.78 is 1.14. The number of para-hydroxylation sites is 1. The molecule has 108 valence electrons. The summed E-state index contributed by atoms with van der Waals surface area (Å²) in [6, 6.07) is 19.7. The molecule has 1 aliphatic rings. The predicted octanol–water partition coefficient (Wildman–Crippen LogP) is 4.90. The second-order valence-electron chi connectivity index (χ2n) is 5.72. The van der Waals surface area contributed by atoms with Crippen LogP contribution in [0.25, 0.3) is 0 Å². The molecule has 0 spiro atoms. The minimum atomic E-state index is 0.374. The standard InChI is InChI=1S/C19H21NO/c21-20(18-14-8-3-9-15-18)19(16-10-4-1-5-11-16)17-12-6-2-7-13-17/h1,3-5,8-11,14-15,17H,2,6-7,12-13H2/b20-19+. The van der Waals surface area contributed by atoms with Crippen LogP contribution in [0.3, 0.4) is 0 Å². The van der Waals surface area contributed by atoms with Crippen molar-refractivity contribution in [3.05, 3.63) is 71.4 Å². The molecule has 0 unspecified atom stereocenters. The lowest BCUT2D eigenvalue weighted by atomic mass is 9.83. The first-order chi connectivity index (χ1) is 10.4. The Morgan fingerprint density at radius 2 is 1.38 bits per heavy atom. The first-order valence-electron chi connectivity index (χ1n) is 7.81. The summed E-state index contributed by atoms with van der Waals surface area (Å²) in [4.78, 5) is 0. The van der Waals surface area contributed by atoms with Gasteiger partial charge in [0.05, 0.1) is 0 Å². The molecule has 2 aromatic rings. The van der Waals surface area contributed by atoms with Gasteiger partial charge in [0.15, 0.2) is 0 Å². The maximum absolute atomic E-state index is 12.9. The van der Waals surface area contributed by atoms with Crippen LogP contribution in [0.1, 0.15) is 37.7 Å². The molecular formula is C19H21NO. The molecule has 0 radical (unpaired) electrons. The lowest BCUT2D eigenvalue weighted by Gasteiger charge is -2.23. The first-order valence-corrected chi connectivity index (χ1v) is 7.81. The molecule has 21 heavy (non-hydrogen) atoms. The van der Waals surface area contributed by atoms with Crippen molar-refractivity contribution in [2.45, 2.75) is 32.1 Å². The van der Waals surface area contributed by atoms with Crippen LogP contribution in [-0.2, 0) is 0 Å². The van der Waals surface area contributed by atoms with Crippen LogP contribution in [0, 0.1) is 11.1 Å². The molecule has 0 saturated heterocycles. The Bertz CT molecular complexity index is 598. The monoisotopic (exact) mass is 279 g/mol. The minimum absolute atomic E-state index is 0.374. The summed E-state index contributed by atoms with van der Waals surface area (Å²) >= 11 is 0. The van der Waals surface area contributed by atoms with Gasteiger partial charge in [0.1, 0.15) is 0 Å². The van der Waals surface area contributed by atoms with E-state index < -0.39 is 0 Å². The van der Waals surface area contributed by atoms with E-state index in [-0.39, 0.29) is 0 Å². The van der Waals surface area contributed by atoms with Crippen LogP contribution in [0.15, 0.2) is 60.7 Å². The zero-order valence-electron chi connectivity index (χ0n) is 12.2. The molecule has 0 atom stereocenters. The van der Waals surface area contributed by atoms with E-state index >= 15 is 0 Å². The second kappa shape index (κ2) is 6.57. The Balaban J connectivity index is 2.07. The molecule has 0 heterocycles. The molecule has 1 fully saturated rings. The van der Waals surface area contributed by atoms with Gasteiger partial charge in [-0.3, -0.25) is 0 Å². The van der Waals surface area contributed by atoms with Crippen molar-refractivity contribution < 1.29 is 4.74 Å². The van der Waals surface area contributed by atoms with Crippen molar-refractivity contribution in [1.29, 1.82) is 0 Å². The van der Waals surface area contributed by atoms with E-state index in [4.69, 9.17) is 0 Å². The summed E-state index contributed by atoms with van der Waals surface area (Å²) in [5.74, 6) is 0.374. The van der Waals surface area contributed by atoms with Gasteiger partial charge in [0, 0.05) is 23.6 Å². The highest BCUT2D eigenvalue weighted by Crippen LogP contribution is 2.29. The van der Waals surface area contributed by atoms with Crippen LogP contribution in [0.2, 0.25) is 0 Å². The Kier molecular flexibility index (Phi) is 4.34. The summed E-state index contributed by atoms with van der Waals surface area (Å²) in [5, 5.41) is 12.9. The lowest BCUT2D eigenvalue weighted by molar-refractivity contribution is -0.363. The van der Waals surface area contributed by atoms with Gasteiger partial charge in [-0.25, -0.2) is 0 Å². The fourth-order valence-electron chi connectivity index (χ4n) is 3.21. The van der Waals surface area contributed by atoms with Gasteiger partial charge >= 0.3 is 0 Å². The van der Waals surface area contributed by atoms with Crippen molar-refractivity contribution in [3.63, 3.8) is 0 Å². The number of hydrogen-bond acceptors (Lipinski definition) is 1. The fourth-order valence-corrected chi connectivity index (χ4v) is 3.21. The maximum Gasteiger partial charge on any atom is 0.216 e. The smallest absolute Gasteiger partial charge is 0.216 e. The molecule has 1 aliphatic carbocycles. The average Bonchev–Trinajstić information content (AvgIpc) is 2.58. The third kappa shape index (κ3) is 3.15. The summed E-state index contributed by atoms with van der Waals surface area (Å²) in [7, 11) is 0. The van der Waals surface area contributed by atoms with Crippen LogP contribution in [-0.4, -0.2) is 10.5 Å². The zero-order chi connectivity index (χ0) is 14.5. The van der Waals surface area contributed by atoms with Gasteiger partial charge in [0.2, 0.25) is 11.4 Å². The van der Waals surface area contributed by atoms with E-state index in [1.807, 2.05) is 48.5 Å². The van der Waals surface area contributed by atoms with Crippen molar-refractivity contribution in [1.82, 2.24) is 0 Å². The molecule has 0 amide bonds. The topological polar surface area (TPSA) is 26.1 Å². The molecular weight excluding hydrogens is 258 g/mol. The van der Waals surface area contributed by atoms with Gasteiger partial charge in [0.25, 0.3) is 0 Å². The number of rotatable bonds is 3. The number of nitrogens with zero attached hydrogens (tertiary/aromatic N) is 1. The SMILES string of the molecule is [O-]/[N+](=C(\c1ccccc1)C1CCCCC1)c1ccccc1. The van der Waals surface area contributed by atoms with E-state index in [2.05, 4.69) is 12.1 Å². The van der Waals surface area contributed by atoms with Gasteiger partial charge in [-0.15, -0.1) is 0 Å². The molecule has 2 aromatic carbocycles. The highest BCUT2D eigenvalue weighted by Gasteiger charge is 2.27. The van der Waals surface area contributed by atoms with Gasteiger partial charge < -0.3 is 5.21 Å². The third-order valence-electron chi connectivity index (χ3n) is 4.27. The highest BCUT2D eigenvalue weighted by atomic mass is 16.5. The maximum atomic E-state index is 12.9. The first kappa shape index (κ1) is 13.9. The van der Waals surface area contributed by atoms with E-state index in [1.54, 1.807) is 0 Å². The Hall–Kier alpha value is -2.09. The third-order valence-corrected chi connectivity index (χ3v) is 4.27. The molecule has 0 bridgehead atoms.